The summed E-state index contributed by atoms with van der Waals surface area (Å²) < 4.78 is 4.99. The van der Waals surface area contributed by atoms with E-state index in [2.05, 4.69) is 5.16 Å². The average Bonchev–Trinajstić information content (AvgIpc) is 2.74. The van der Waals surface area contributed by atoms with Crippen molar-refractivity contribution in [2.75, 3.05) is 0 Å². The second kappa shape index (κ2) is 3.50. The zero-order valence-corrected chi connectivity index (χ0v) is 7.99. The summed E-state index contributed by atoms with van der Waals surface area (Å²) in [6.45, 7) is 1.95. The van der Waals surface area contributed by atoms with Gasteiger partial charge in [0.2, 0.25) is 0 Å². The molecule has 1 fully saturated rings. The van der Waals surface area contributed by atoms with Crippen molar-refractivity contribution in [3.05, 3.63) is 17.5 Å². The molecule has 1 unspecified atom stereocenters. The molecular weight excluding hydrogens is 164 g/mol. The van der Waals surface area contributed by atoms with Gasteiger partial charge in [0.15, 0.2) is 0 Å². The van der Waals surface area contributed by atoms with Gasteiger partial charge in [0.1, 0.15) is 12.0 Å². The van der Waals surface area contributed by atoms with Crippen LogP contribution in [0.1, 0.15) is 55.8 Å². The SMILES string of the molecule is CC(N)c1nocc1C1CCCC1. The third-order valence-electron chi connectivity index (χ3n) is 2.85. The van der Waals surface area contributed by atoms with Crippen LogP contribution in [0.25, 0.3) is 0 Å². The van der Waals surface area contributed by atoms with Gasteiger partial charge in [-0.15, -0.1) is 0 Å². The fourth-order valence-corrected chi connectivity index (χ4v) is 2.14. The molecule has 0 spiro atoms. The van der Waals surface area contributed by atoms with Crippen LogP contribution in [0.15, 0.2) is 10.8 Å². The Bertz CT molecular complexity index is 274. The van der Waals surface area contributed by atoms with Gasteiger partial charge in [-0.05, 0) is 25.7 Å². The van der Waals surface area contributed by atoms with Gasteiger partial charge in [0.05, 0.1) is 0 Å². The van der Waals surface area contributed by atoms with Crippen LogP contribution in [0.5, 0.6) is 0 Å². The first-order valence-electron chi connectivity index (χ1n) is 4.99. The molecule has 0 aromatic carbocycles. The highest BCUT2D eigenvalue weighted by Gasteiger charge is 2.23. The summed E-state index contributed by atoms with van der Waals surface area (Å²) in [6.07, 6.45) is 6.96. The smallest absolute Gasteiger partial charge is 0.127 e. The number of hydrogen-bond donors (Lipinski definition) is 1. The second-order valence-corrected chi connectivity index (χ2v) is 3.93. The predicted octanol–water partition coefficient (Wildman–Crippen LogP) is 2.35. The van der Waals surface area contributed by atoms with Gasteiger partial charge in [-0.25, -0.2) is 0 Å². The third-order valence-corrected chi connectivity index (χ3v) is 2.85. The van der Waals surface area contributed by atoms with E-state index in [1.54, 1.807) is 6.26 Å². The van der Waals surface area contributed by atoms with E-state index in [9.17, 15) is 0 Å². The molecule has 3 heteroatoms. The summed E-state index contributed by atoms with van der Waals surface area (Å²) in [7, 11) is 0. The molecule has 1 atom stereocenters. The highest BCUT2D eigenvalue weighted by atomic mass is 16.5. The fraction of sp³-hybridized carbons (Fsp3) is 0.700. The zero-order valence-electron chi connectivity index (χ0n) is 7.99. The molecule has 0 saturated heterocycles. The van der Waals surface area contributed by atoms with Crippen molar-refractivity contribution >= 4 is 0 Å². The van der Waals surface area contributed by atoms with Crippen molar-refractivity contribution in [1.29, 1.82) is 0 Å². The molecule has 1 aromatic rings. The zero-order chi connectivity index (χ0) is 9.26. The highest BCUT2D eigenvalue weighted by Crippen LogP contribution is 2.36. The summed E-state index contributed by atoms with van der Waals surface area (Å²) in [6, 6.07) is -0.00523. The lowest BCUT2D eigenvalue weighted by Crippen LogP contribution is -2.09. The summed E-state index contributed by atoms with van der Waals surface area (Å²) in [5, 5.41) is 3.96. The number of nitrogens with two attached hydrogens (primary N) is 1. The van der Waals surface area contributed by atoms with Crippen LogP contribution in [0.2, 0.25) is 0 Å². The standard InChI is InChI=1S/C10H16N2O/c1-7(11)10-9(6-13-12-10)8-4-2-3-5-8/h6-8H,2-5,11H2,1H3. The summed E-state index contributed by atoms with van der Waals surface area (Å²) in [5.74, 6) is 0.646. The Morgan fingerprint density at radius 2 is 2.23 bits per heavy atom. The van der Waals surface area contributed by atoms with Crippen molar-refractivity contribution in [1.82, 2.24) is 5.16 Å². The van der Waals surface area contributed by atoms with E-state index >= 15 is 0 Å². The summed E-state index contributed by atoms with van der Waals surface area (Å²) in [4.78, 5) is 0. The van der Waals surface area contributed by atoms with E-state index in [1.807, 2.05) is 6.92 Å². The van der Waals surface area contributed by atoms with Crippen LogP contribution in [0, 0.1) is 0 Å². The van der Waals surface area contributed by atoms with Crippen LogP contribution < -0.4 is 5.73 Å². The van der Waals surface area contributed by atoms with Gasteiger partial charge in [-0.3, -0.25) is 0 Å². The Kier molecular flexibility index (Phi) is 2.36. The third kappa shape index (κ3) is 1.61. The molecule has 2 rings (SSSR count). The maximum absolute atomic E-state index is 5.80. The van der Waals surface area contributed by atoms with E-state index in [-0.39, 0.29) is 6.04 Å². The normalized spacial score (nSPS) is 20.8. The minimum atomic E-state index is -0.00523. The van der Waals surface area contributed by atoms with Gasteiger partial charge < -0.3 is 10.3 Å². The molecule has 0 amide bonds. The first kappa shape index (κ1) is 8.75. The van der Waals surface area contributed by atoms with Crippen molar-refractivity contribution < 1.29 is 4.52 Å². The average molecular weight is 180 g/mol. The lowest BCUT2D eigenvalue weighted by atomic mass is 9.96. The van der Waals surface area contributed by atoms with E-state index in [4.69, 9.17) is 10.3 Å². The lowest BCUT2D eigenvalue weighted by Gasteiger charge is -2.09. The van der Waals surface area contributed by atoms with E-state index < -0.39 is 0 Å². The van der Waals surface area contributed by atoms with E-state index in [0.717, 1.165) is 5.69 Å². The first-order valence-corrected chi connectivity index (χ1v) is 4.99. The van der Waals surface area contributed by atoms with Gasteiger partial charge in [-0.1, -0.05) is 18.0 Å². The van der Waals surface area contributed by atoms with Crippen LogP contribution in [0.3, 0.4) is 0 Å². The molecular formula is C10H16N2O. The molecule has 1 aromatic heterocycles. The minimum absolute atomic E-state index is 0.00523. The van der Waals surface area contributed by atoms with Crippen LogP contribution in [0.4, 0.5) is 0 Å². The second-order valence-electron chi connectivity index (χ2n) is 3.93. The Labute approximate surface area is 78.3 Å². The molecule has 1 saturated carbocycles. The molecule has 72 valence electrons. The lowest BCUT2D eigenvalue weighted by molar-refractivity contribution is 0.406. The topological polar surface area (TPSA) is 52.0 Å². The quantitative estimate of drug-likeness (QED) is 0.760. The highest BCUT2D eigenvalue weighted by molar-refractivity contribution is 5.23. The van der Waals surface area contributed by atoms with Gasteiger partial charge in [0, 0.05) is 11.6 Å². The maximum atomic E-state index is 5.80. The van der Waals surface area contributed by atoms with E-state index in [0.29, 0.717) is 5.92 Å². The van der Waals surface area contributed by atoms with Gasteiger partial charge in [-0.2, -0.15) is 0 Å². The number of aromatic nitrogens is 1. The number of rotatable bonds is 2. The number of hydrogen-bond acceptors (Lipinski definition) is 3. The fourth-order valence-electron chi connectivity index (χ4n) is 2.14. The van der Waals surface area contributed by atoms with Crippen LogP contribution in [-0.2, 0) is 0 Å². The molecule has 3 nitrogen and oxygen atoms in total. The molecule has 2 N–H and O–H groups in total. The monoisotopic (exact) mass is 180 g/mol. The van der Waals surface area contributed by atoms with Crippen LogP contribution >= 0.6 is 0 Å². The van der Waals surface area contributed by atoms with Crippen molar-refractivity contribution in [2.45, 2.75) is 44.6 Å². The molecule has 1 aliphatic carbocycles. The van der Waals surface area contributed by atoms with Crippen LogP contribution in [-0.4, -0.2) is 5.16 Å². The maximum Gasteiger partial charge on any atom is 0.127 e. The van der Waals surface area contributed by atoms with Gasteiger partial charge >= 0.3 is 0 Å². The molecule has 0 aliphatic heterocycles. The van der Waals surface area contributed by atoms with Gasteiger partial charge in [0.25, 0.3) is 0 Å². The number of nitrogens with zero attached hydrogens (tertiary/aromatic N) is 1. The molecule has 0 bridgehead atoms. The molecule has 13 heavy (non-hydrogen) atoms. The molecule has 1 heterocycles. The largest absolute Gasteiger partial charge is 0.364 e. The Hall–Kier alpha value is -0.830. The minimum Gasteiger partial charge on any atom is -0.364 e. The molecule has 0 radical (unpaired) electrons. The molecule has 1 aliphatic rings. The van der Waals surface area contributed by atoms with E-state index in [1.165, 1.54) is 31.2 Å². The van der Waals surface area contributed by atoms with Crippen molar-refractivity contribution in [3.63, 3.8) is 0 Å². The predicted molar refractivity (Wildman–Crippen MR) is 50.3 cm³/mol. The van der Waals surface area contributed by atoms with Crippen molar-refractivity contribution in [3.8, 4) is 0 Å². The summed E-state index contributed by atoms with van der Waals surface area (Å²) in [5.41, 5.74) is 8.00. The Morgan fingerprint density at radius 1 is 1.54 bits per heavy atom. The van der Waals surface area contributed by atoms with Crippen molar-refractivity contribution in [2.24, 2.45) is 5.73 Å². The first-order chi connectivity index (χ1) is 6.29. The Balaban J connectivity index is 2.23. The Morgan fingerprint density at radius 3 is 2.85 bits per heavy atom. The summed E-state index contributed by atoms with van der Waals surface area (Å²) >= 11 is 0.